The highest BCUT2D eigenvalue weighted by Gasteiger charge is 2.62. The van der Waals surface area contributed by atoms with Gasteiger partial charge in [-0.15, -0.1) is 0 Å². The summed E-state index contributed by atoms with van der Waals surface area (Å²) in [5, 5.41) is 6.67. The van der Waals surface area contributed by atoms with Gasteiger partial charge in [-0.25, -0.2) is 4.79 Å². The van der Waals surface area contributed by atoms with Crippen LogP contribution in [-0.2, 0) is 4.74 Å². The summed E-state index contributed by atoms with van der Waals surface area (Å²) in [6, 6.07) is 0. The van der Waals surface area contributed by atoms with Crippen LogP contribution in [-0.4, -0.2) is 22.3 Å². The van der Waals surface area contributed by atoms with Gasteiger partial charge in [0, 0.05) is 11.1 Å². The summed E-state index contributed by atoms with van der Waals surface area (Å²) in [7, 11) is 0. The minimum Gasteiger partial charge on any atom is -0.458 e. The molecule has 0 amide bonds. The van der Waals surface area contributed by atoms with Crippen molar-refractivity contribution in [3.05, 3.63) is 17.5 Å². The summed E-state index contributed by atoms with van der Waals surface area (Å²) in [5.74, 6) is 0.446. The van der Waals surface area contributed by atoms with Gasteiger partial charge in [0.15, 0.2) is 0 Å². The lowest BCUT2D eigenvalue weighted by atomic mass is 9.70. The van der Waals surface area contributed by atoms with Crippen LogP contribution in [0.1, 0.15) is 56.1 Å². The molecule has 2 fully saturated rings. The highest BCUT2D eigenvalue weighted by Crippen LogP contribution is 2.66. The molecule has 3 rings (SSSR count). The molecular weight excluding hydrogens is 240 g/mol. The Balaban J connectivity index is 1.79. The first kappa shape index (κ1) is 12.7. The summed E-state index contributed by atoms with van der Waals surface area (Å²) in [6.45, 7) is 8.76. The standard InChI is InChI=1S/C15H22N2O2/c1-9-11(8-16-17-9)13(18)19-12-7-10-5-6-15(12,4)14(10,2)3/h8,10,12H,5-7H2,1-4H3,(H,16,17). The number of H-pyrrole nitrogens is 1. The molecule has 1 aromatic rings. The number of nitrogens with one attached hydrogen (secondary N) is 1. The fourth-order valence-electron chi connectivity index (χ4n) is 4.06. The van der Waals surface area contributed by atoms with E-state index in [9.17, 15) is 4.79 Å². The normalized spacial score (nSPS) is 35.6. The molecule has 1 N–H and O–H groups in total. The fourth-order valence-corrected chi connectivity index (χ4v) is 4.06. The number of ether oxygens (including phenoxy) is 1. The van der Waals surface area contributed by atoms with Crippen molar-refractivity contribution in [1.82, 2.24) is 10.2 Å². The molecule has 2 aliphatic carbocycles. The molecule has 2 bridgehead atoms. The van der Waals surface area contributed by atoms with Gasteiger partial charge in [-0.1, -0.05) is 20.8 Å². The van der Waals surface area contributed by atoms with Gasteiger partial charge in [0.25, 0.3) is 0 Å². The SMILES string of the molecule is Cc1[nH]ncc1C(=O)OC1CC2CCC1(C)C2(C)C. The van der Waals surface area contributed by atoms with Crippen molar-refractivity contribution in [3.63, 3.8) is 0 Å². The number of aromatic amines is 1. The van der Waals surface area contributed by atoms with E-state index in [4.69, 9.17) is 4.74 Å². The molecule has 4 nitrogen and oxygen atoms in total. The second-order valence-electron chi connectivity index (χ2n) is 6.91. The summed E-state index contributed by atoms with van der Waals surface area (Å²) in [4.78, 5) is 12.2. The Morgan fingerprint density at radius 1 is 1.47 bits per heavy atom. The highest BCUT2D eigenvalue weighted by atomic mass is 16.5. The number of hydrogen-bond acceptors (Lipinski definition) is 3. The van der Waals surface area contributed by atoms with Crippen molar-refractivity contribution in [3.8, 4) is 0 Å². The summed E-state index contributed by atoms with van der Waals surface area (Å²) in [6.07, 6.45) is 5.03. The zero-order valence-corrected chi connectivity index (χ0v) is 12.1. The average Bonchev–Trinajstić information content (AvgIpc) is 2.90. The van der Waals surface area contributed by atoms with E-state index in [1.807, 2.05) is 6.92 Å². The second-order valence-corrected chi connectivity index (χ2v) is 6.91. The van der Waals surface area contributed by atoms with Crippen LogP contribution in [0.25, 0.3) is 0 Å². The molecular formula is C15H22N2O2. The molecule has 2 saturated carbocycles. The Morgan fingerprint density at radius 3 is 2.68 bits per heavy atom. The Kier molecular flexibility index (Phi) is 2.57. The van der Waals surface area contributed by atoms with Crippen molar-refractivity contribution in [2.24, 2.45) is 16.7 Å². The largest absolute Gasteiger partial charge is 0.458 e. The number of fused-ring (bicyclic) bond motifs is 2. The molecule has 0 radical (unpaired) electrons. The first-order valence-electron chi connectivity index (χ1n) is 7.07. The van der Waals surface area contributed by atoms with Gasteiger partial charge < -0.3 is 4.74 Å². The van der Waals surface area contributed by atoms with Crippen LogP contribution >= 0.6 is 0 Å². The van der Waals surface area contributed by atoms with Crippen LogP contribution in [0.4, 0.5) is 0 Å². The lowest BCUT2D eigenvalue weighted by Gasteiger charge is -2.38. The Labute approximate surface area is 113 Å². The molecule has 19 heavy (non-hydrogen) atoms. The molecule has 104 valence electrons. The third-order valence-corrected chi connectivity index (χ3v) is 6.01. The number of aromatic nitrogens is 2. The van der Waals surface area contributed by atoms with E-state index in [1.165, 1.54) is 6.42 Å². The van der Waals surface area contributed by atoms with Crippen LogP contribution in [0.2, 0.25) is 0 Å². The van der Waals surface area contributed by atoms with Crippen LogP contribution in [0.3, 0.4) is 0 Å². The summed E-state index contributed by atoms with van der Waals surface area (Å²) in [5.41, 5.74) is 1.72. The van der Waals surface area contributed by atoms with Gasteiger partial charge in [-0.2, -0.15) is 5.10 Å². The van der Waals surface area contributed by atoms with Crippen molar-refractivity contribution < 1.29 is 9.53 Å². The van der Waals surface area contributed by atoms with Gasteiger partial charge in [0.2, 0.25) is 0 Å². The fraction of sp³-hybridized carbons (Fsp3) is 0.733. The number of carbonyl (C=O) groups is 1. The summed E-state index contributed by atoms with van der Waals surface area (Å²) >= 11 is 0. The molecule has 3 unspecified atom stereocenters. The number of carbonyl (C=O) groups excluding carboxylic acids is 1. The van der Waals surface area contributed by atoms with Crippen molar-refractivity contribution in [1.29, 1.82) is 0 Å². The molecule has 0 spiro atoms. The Hall–Kier alpha value is -1.32. The molecule has 0 aliphatic heterocycles. The third-order valence-electron chi connectivity index (χ3n) is 6.01. The van der Waals surface area contributed by atoms with Crippen LogP contribution in [0, 0.1) is 23.7 Å². The molecule has 1 aromatic heterocycles. The molecule has 1 heterocycles. The highest BCUT2D eigenvalue weighted by molar-refractivity contribution is 5.90. The van der Waals surface area contributed by atoms with E-state index in [0.29, 0.717) is 11.5 Å². The van der Waals surface area contributed by atoms with Crippen molar-refractivity contribution >= 4 is 5.97 Å². The van der Waals surface area contributed by atoms with E-state index in [1.54, 1.807) is 6.20 Å². The first-order chi connectivity index (χ1) is 8.86. The lowest BCUT2D eigenvalue weighted by Crippen LogP contribution is -2.38. The molecule has 2 aliphatic rings. The smallest absolute Gasteiger partial charge is 0.341 e. The third kappa shape index (κ3) is 1.58. The van der Waals surface area contributed by atoms with Gasteiger partial charge in [-0.3, -0.25) is 5.10 Å². The van der Waals surface area contributed by atoms with E-state index in [-0.39, 0.29) is 22.9 Å². The first-order valence-corrected chi connectivity index (χ1v) is 7.07. The zero-order chi connectivity index (χ0) is 13.8. The molecule has 4 heteroatoms. The van der Waals surface area contributed by atoms with E-state index in [2.05, 4.69) is 31.0 Å². The predicted molar refractivity (Wildman–Crippen MR) is 71.8 cm³/mol. The maximum atomic E-state index is 12.2. The Bertz CT molecular complexity index is 520. The summed E-state index contributed by atoms with van der Waals surface area (Å²) < 4.78 is 5.81. The molecule has 0 aromatic carbocycles. The van der Waals surface area contributed by atoms with Crippen LogP contribution < -0.4 is 0 Å². The van der Waals surface area contributed by atoms with Gasteiger partial charge in [-0.05, 0) is 37.5 Å². The lowest BCUT2D eigenvalue weighted by molar-refractivity contribution is -0.0243. The Morgan fingerprint density at radius 2 is 2.21 bits per heavy atom. The van der Waals surface area contributed by atoms with Gasteiger partial charge >= 0.3 is 5.97 Å². The zero-order valence-electron chi connectivity index (χ0n) is 12.1. The van der Waals surface area contributed by atoms with E-state index < -0.39 is 0 Å². The number of esters is 1. The number of hydrogen-bond donors (Lipinski definition) is 1. The molecule has 0 saturated heterocycles. The quantitative estimate of drug-likeness (QED) is 0.833. The second kappa shape index (κ2) is 3.84. The average molecular weight is 262 g/mol. The monoisotopic (exact) mass is 262 g/mol. The van der Waals surface area contributed by atoms with Gasteiger partial charge in [0.05, 0.1) is 6.20 Å². The van der Waals surface area contributed by atoms with Crippen molar-refractivity contribution in [2.75, 3.05) is 0 Å². The van der Waals surface area contributed by atoms with Crippen LogP contribution in [0.5, 0.6) is 0 Å². The predicted octanol–water partition coefficient (Wildman–Crippen LogP) is 3.09. The molecule has 3 atom stereocenters. The topological polar surface area (TPSA) is 55.0 Å². The van der Waals surface area contributed by atoms with E-state index in [0.717, 1.165) is 18.5 Å². The van der Waals surface area contributed by atoms with Crippen LogP contribution in [0.15, 0.2) is 6.20 Å². The van der Waals surface area contributed by atoms with Crippen molar-refractivity contribution in [2.45, 2.75) is 53.1 Å². The maximum Gasteiger partial charge on any atom is 0.341 e. The number of rotatable bonds is 2. The minimum absolute atomic E-state index is 0.0445. The van der Waals surface area contributed by atoms with E-state index >= 15 is 0 Å². The maximum absolute atomic E-state index is 12.2. The number of aryl methyl sites for hydroxylation is 1. The van der Waals surface area contributed by atoms with Gasteiger partial charge in [0.1, 0.15) is 11.7 Å². The minimum atomic E-state index is -0.235. The number of nitrogens with zero attached hydrogens (tertiary/aromatic N) is 1.